The molecule has 0 radical (unpaired) electrons. The molecule has 0 spiro atoms. The molecule has 2 nitrogen and oxygen atoms in total. The fraction of sp³-hybridized carbons (Fsp3) is 0.429. The highest BCUT2D eigenvalue weighted by atomic mass is 19.3. The van der Waals surface area contributed by atoms with E-state index in [2.05, 4.69) is 4.74 Å². The van der Waals surface area contributed by atoms with E-state index >= 15 is 0 Å². The van der Waals surface area contributed by atoms with Gasteiger partial charge in [-0.05, 0) is 48.6 Å². The van der Waals surface area contributed by atoms with Crippen LogP contribution in [0.25, 0.3) is 0 Å². The van der Waals surface area contributed by atoms with Crippen LogP contribution in [0.4, 0.5) is 30.7 Å². The maximum absolute atomic E-state index is 14.4. The quantitative estimate of drug-likeness (QED) is 0.368. The van der Waals surface area contributed by atoms with Crippen molar-refractivity contribution in [2.75, 3.05) is 0 Å². The molecule has 9 heteroatoms. The average Bonchev–Trinajstić information content (AvgIpc) is 2.69. The Hall–Kier alpha value is -2.45. The van der Waals surface area contributed by atoms with Crippen LogP contribution < -0.4 is 9.47 Å². The van der Waals surface area contributed by atoms with E-state index in [4.69, 9.17) is 4.74 Å². The van der Waals surface area contributed by atoms with Gasteiger partial charge in [-0.15, -0.1) is 0 Å². The maximum Gasteiger partial charge on any atom is 0.400 e. The maximum atomic E-state index is 14.4. The third-order valence-corrected chi connectivity index (χ3v) is 5.19. The van der Waals surface area contributed by atoms with Crippen molar-refractivity contribution in [3.8, 4) is 11.5 Å². The van der Waals surface area contributed by atoms with E-state index in [9.17, 15) is 30.7 Å². The predicted octanol–water partition coefficient (Wildman–Crippen LogP) is 6.76. The van der Waals surface area contributed by atoms with Gasteiger partial charge in [0, 0.05) is 0 Å². The molecule has 0 bridgehead atoms. The van der Waals surface area contributed by atoms with Crippen LogP contribution in [-0.4, -0.2) is 6.11 Å². The number of hydrogen-bond donors (Lipinski definition) is 0. The number of ether oxygens (including phenoxy) is 2. The summed E-state index contributed by atoms with van der Waals surface area (Å²) in [4.78, 5) is 0. The summed E-state index contributed by atoms with van der Waals surface area (Å²) in [6.07, 6.45) is -2.05. The van der Waals surface area contributed by atoms with E-state index in [-0.39, 0.29) is 18.4 Å². The summed E-state index contributed by atoms with van der Waals surface area (Å²) in [6, 6.07) is 2.92. The summed E-state index contributed by atoms with van der Waals surface area (Å²) >= 11 is 0. The highest BCUT2D eigenvalue weighted by molar-refractivity contribution is 5.35. The zero-order valence-electron chi connectivity index (χ0n) is 16.0. The van der Waals surface area contributed by atoms with E-state index in [1.807, 2.05) is 6.92 Å². The van der Waals surface area contributed by atoms with E-state index in [0.717, 1.165) is 12.1 Å². The summed E-state index contributed by atoms with van der Waals surface area (Å²) in [7, 11) is 0. The van der Waals surface area contributed by atoms with Crippen LogP contribution in [0.15, 0.2) is 24.3 Å². The van der Waals surface area contributed by atoms with E-state index in [1.165, 1.54) is 0 Å². The van der Waals surface area contributed by atoms with Gasteiger partial charge in [-0.1, -0.05) is 19.8 Å². The first kappa shape index (κ1) is 22.2. The van der Waals surface area contributed by atoms with Gasteiger partial charge in [0.15, 0.2) is 29.0 Å². The minimum Gasteiger partial charge on any atom is -0.486 e. The normalized spacial score (nSPS) is 19.6. The highest BCUT2D eigenvalue weighted by Crippen LogP contribution is 2.41. The topological polar surface area (TPSA) is 18.5 Å². The van der Waals surface area contributed by atoms with Gasteiger partial charge in [-0.2, -0.15) is 17.6 Å². The monoisotopic (exact) mass is 436 g/mol. The van der Waals surface area contributed by atoms with Crippen molar-refractivity contribution >= 4 is 0 Å². The van der Waals surface area contributed by atoms with Crippen LogP contribution in [0.1, 0.15) is 38.2 Å². The molecule has 0 saturated heterocycles. The smallest absolute Gasteiger partial charge is 0.400 e. The Bertz CT molecular complexity index is 885. The van der Waals surface area contributed by atoms with Crippen LogP contribution in [0, 0.1) is 40.9 Å². The Morgan fingerprint density at radius 3 is 1.97 bits per heavy atom. The number of rotatable bonds is 6. The third-order valence-electron chi connectivity index (χ3n) is 5.19. The molecule has 0 aromatic heterocycles. The van der Waals surface area contributed by atoms with Crippen LogP contribution in [0.5, 0.6) is 11.5 Å². The van der Waals surface area contributed by atoms with Crippen LogP contribution in [0.3, 0.4) is 0 Å². The molecule has 0 N–H and O–H groups in total. The Labute approximate surface area is 168 Å². The molecule has 1 saturated carbocycles. The van der Waals surface area contributed by atoms with Crippen molar-refractivity contribution in [3.63, 3.8) is 0 Å². The van der Waals surface area contributed by atoms with Crippen LogP contribution in [-0.2, 0) is 6.61 Å². The summed E-state index contributed by atoms with van der Waals surface area (Å²) in [6.45, 7) is 1.35. The van der Waals surface area contributed by atoms with Gasteiger partial charge < -0.3 is 9.47 Å². The molecule has 1 aliphatic rings. The standard InChI is InChI=1S/C21H19F7O2/c1-11-2-4-13(5-3-11)21(27,28)30-17-7-6-16(19(25)20(17)26)29-10-12-8-14(22)18(24)15(23)9-12/h6-9,11,13H,2-5,10H2,1H3. The van der Waals surface area contributed by atoms with Crippen LogP contribution in [0.2, 0.25) is 0 Å². The average molecular weight is 436 g/mol. The van der Waals surface area contributed by atoms with Gasteiger partial charge in [-0.3, -0.25) is 0 Å². The Morgan fingerprint density at radius 1 is 0.833 bits per heavy atom. The van der Waals surface area contributed by atoms with Gasteiger partial charge in [0.05, 0.1) is 5.92 Å². The highest BCUT2D eigenvalue weighted by Gasteiger charge is 2.44. The molecule has 2 aromatic rings. The lowest BCUT2D eigenvalue weighted by molar-refractivity contribution is -0.224. The van der Waals surface area contributed by atoms with Crippen molar-refractivity contribution < 1.29 is 40.2 Å². The van der Waals surface area contributed by atoms with Crippen LogP contribution >= 0.6 is 0 Å². The first-order valence-corrected chi connectivity index (χ1v) is 9.39. The van der Waals surface area contributed by atoms with E-state index in [0.29, 0.717) is 30.9 Å². The molecule has 164 valence electrons. The van der Waals surface area contributed by atoms with Crippen molar-refractivity contribution in [3.05, 3.63) is 58.9 Å². The molecular weight excluding hydrogens is 417 g/mol. The lowest BCUT2D eigenvalue weighted by atomic mass is 9.82. The lowest BCUT2D eigenvalue weighted by Crippen LogP contribution is -2.37. The minimum atomic E-state index is -3.67. The van der Waals surface area contributed by atoms with Gasteiger partial charge in [0.1, 0.15) is 6.61 Å². The molecule has 3 rings (SSSR count). The molecule has 1 aliphatic carbocycles. The molecule has 0 heterocycles. The Balaban J connectivity index is 1.71. The molecule has 1 fully saturated rings. The van der Waals surface area contributed by atoms with Gasteiger partial charge in [0.2, 0.25) is 11.6 Å². The van der Waals surface area contributed by atoms with Gasteiger partial charge in [-0.25, -0.2) is 13.2 Å². The Morgan fingerprint density at radius 2 is 1.37 bits per heavy atom. The summed E-state index contributed by atoms with van der Waals surface area (Å²) in [5, 5.41) is 0. The summed E-state index contributed by atoms with van der Waals surface area (Å²) in [5.74, 6) is -10.3. The Kier molecular flexibility index (Phi) is 6.47. The number of halogens is 7. The van der Waals surface area contributed by atoms with E-state index in [1.54, 1.807) is 0 Å². The first-order valence-electron chi connectivity index (χ1n) is 9.39. The fourth-order valence-electron chi connectivity index (χ4n) is 3.38. The summed E-state index contributed by atoms with van der Waals surface area (Å²) < 4.78 is 106. The lowest BCUT2D eigenvalue weighted by Gasteiger charge is -2.32. The molecular formula is C21H19F7O2. The van der Waals surface area contributed by atoms with Crippen molar-refractivity contribution in [1.29, 1.82) is 0 Å². The van der Waals surface area contributed by atoms with Gasteiger partial charge >= 0.3 is 6.11 Å². The summed E-state index contributed by atoms with van der Waals surface area (Å²) in [5.41, 5.74) is -0.176. The molecule has 0 unspecified atom stereocenters. The van der Waals surface area contributed by atoms with Crippen molar-refractivity contribution in [2.24, 2.45) is 11.8 Å². The molecule has 0 amide bonds. The van der Waals surface area contributed by atoms with Gasteiger partial charge in [0.25, 0.3) is 0 Å². The second-order valence-electron chi connectivity index (χ2n) is 7.47. The fourth-order valence-corrected chi connectivity index (χ4v) is 3.38. The van der Waals surface area contributed by atoms with Crippen molar-refractivity contribution in [1.82, 2.24) is 0 Å². The number of hydrogen-bond acceptors (Lipinski definition) is 2. The predicted molar refractivity (Wildman–Crippen MR) is 93.7 cm³/mol. The van der Waals surface area contributed by atoms with E-state index < -0.39 is 59.2 Å². The first-order chi connectivity index (χ1) is 14.1. The molecule has 2 aromatic carbocycles. The molecule has 0 aliphatic heterocycles. The zero-order chi connectivity index (χ0) is 22.1. The largest absolute Gasteiger partial charge is 0.486 e. The minimum absolute atomic E-state index is 0.176. The molecule has 0 atom stereocenters. The second kappa shape index (κ2) is 8.73. The zero-order valence-corrected chi connectivity index (χ0v) is 16.0. The SMILES string of the molecule is CC1CCC(C(F)(F)Oc2ccc(OCc3cc(F)c(F)c(F)c3)c(F)c2F)CC1. The third kappa shape index (κ3) is 4.82. The second-order valence-corrected chi connectivity index (χ2v) is 7.47. The van der Waals surface area contributed by atoms with Crippen molar-refractivity contribution in [2.45, 2.75) is 45.3 Å². The molecule has 30 heavy (non-hydrogen) atoms. The number of alkyl halides is 2. The number of benzene rings is 2.